The molecule has 0 saturated heterocycles. The van der Waals surface area contributed by atoms with Gasteiger partial charge in [-0.2, -0.15) is 0 Å². The highest BCUT2D eigenvalue weighted by atomic mass is 14.9. The van der Waals surface area contributed by atoms with Crippen LogP contribution in [0.1, 0.15) is 40.5 Å². The van der Waals surface area contributed by atoms with Gasteiger partial charge in [0.1, 0.15) is 0 Å². The van der Waals surface area contributed by atoms with Gasteiger partial charge in [0.15, 0.2) is 0 Å². The summed E-state index contributed by atoms with van der Waals surface area (Å²) in [6, 6.07) is 0. The summed E-state index contributed by atoms with van der Waals surface area (Å²) in [5.41, 5.74) is 7.05. The van der Waals surface area contributed by atoms with Crippen LogP contribution in [0.5, 0.6) is 0 Å². The van der Waals surface area contributed by atoms with Crippen LogP contribution in [0.25, 0.3) is 0 Å². The Morgan fingerprint density at radius 2 is 1.83 bits per heavy atom. The van der Waals surface area contributed by atoms with E-state index in [1.54, 1.807) is 0 Å². The molecule has 70 valence electrons. The van der Waals surface area contributed by atoms with Crippen molar-refractivity contribution in [3.63, 3.8) is 0 Å². The minimum absolute atomic E-state index is 0.210. The molecule has 0 amide bonds. The SMILES string of the molecule is CC(C)C1CC1(C)C1(N)CC1C. The highest BCUT2D eigenvalue weighted by Gasteiger charge is 2.70. The van der Waals surface area contributed by atoms with Crippen molar-refractivity contribution in [3.05, 3.63) is 0 Å². The van der Waals surface area contributed by atoms with Gasteiger partial charge in [-0.05, 0) is 36.0 Å². The summed E-state index contributed by atoms with van der Waals surface area (Å²) in [5.74, 6) is 2.49. The number of hydrogen-bond donors (Lipinski definition) is 1. The van der Waals surface area contributed by atoms with Gasteiger partial charge in [0.25, 0.3) is 0 Å². The third-order valence-corrected chi connectivity index (χ3v) is 4.53. The van der Waals surface area contributed by atoms with Crippen molar-refractivity contribution in [2.45, 2.75) is 46.1 Å². The lowest BCUT2D eigenvalue weighted by Crippen LogP contribution is -2.36. The molecule has 0 heterocycles. The summed E-state index contributed by atoms with van der Waals surface area (Å²) in [7, 11) is 0. The molecule has 0 aromatic carbocycles. The maximum absolute atomic E-state index is 6.36. The molecule has 2 aliphatic carbocycles. The van der Waals surface area contributed by atoms with E-state index in [2.05, 4.69) is 27.7 Å². The zero-order chi connectivity index (χ0) is 9.15. The normalized spacial score (nSPS) is 57.5. The molecule has 2 N–H and O–H groups in total. The Morgan fingerprint density at radius 1 is 1.33 bits per heavy atom. The molecule has 12 heavy (non-hydrogen) atoms. The van der Waals surface area contributed by atoms with Crippen molar-refractivity contribution in [1.82, 2.24) is 0 Å². The van der Waals surface area contributed by atoms with Gasteiger partial charge in [-0.15, -0.1) is 0 Å². The van der Waals surface area contributed by atoms with Gasteiger partial charge < -0.3 is 5.73 Å². The molecule has 2 rings (SSSR count). The van der Waals surface area contributed by atoms with Gasteiger partial charge >= 0.3 is 0 Å². The lowest BCUT2D eigenvalue weighted by atomic mass is 9.88. The van der Waals surface area contributed by atoms with Crippen LogP contribution >= 0.6 is 0 Å². The second kappa shape index (κ2) is 2.06. The minimum Gasteiger partial charge on any atom is -0.324 e. The first kappa shape index (κ1) is 8.55. The van der Waals surface area contributed by atoms with Gasteiger partial charge in [-0.3, -0.25) is 0 Å². The second-order valence-electron chi connectivity index (χ2n) is 5.62. The highest BCUT2D eigenvalue weighted by molar-refractivity contribution is 5.24. The molecule has 0 radical (unpaired) electrons. The Labute approximate surface area is 75.7 Å². The molecule has 0 spiro atoms. The predicted octanol–water partition coefficient (Wildman–Crippen LogP) is 2.41. The first-order chi connectivity index (χ1) is 5.42. The Hall–Kier alpha value is -0.0400. The summed E-state index contributed by atoms with van der Waals surface area (Å²) in [4.78, 5) is 0. The molecule has 4 unspecified atom stereocenters. The summed E-state index contributed by atoms with van der Waals surface area (Å²) in [5, 5.41) is 0. The van der Waals surface area contributed by atoms with Gasteiger partial charge in [-0.25, -0.2) is 0 Å². The van der Waals surface area contributed by atoms with E-state index < -0.39 is 0 Å². The zero-order valence-electron chi connectivity index (χ0n) is 8.72. The van der Waals surface area contributed by atoms with Crippen molar-refractivity contribution in [2.24, 2.45) is 28.9 Å². The Balaban J connectivity index is 2.08. The van der Waals surface area contributed by atoms with Crippen molar-refractivity contribution < 1.29 is 0 Å². The standard InChI is InChI=1S/C11H21N/c1-7(2)9-6-10(9,4)11(12)5-8(11)3/h7-9H,5-6,12H2,1-4H3. The molecular weight excluding hydrogens is 146 g/mol. The fourth-order valence-corrected chi connectivity index (χ4v) is 3.15. The van der Waals surface area contributed by atoms with Crippen LogP contribution in [-0.2, 0) is 0 Å². The second-order valence-corrected chi connectivity index (χ2v) is 5.62. The molecule has 2 fully saturated rings. The predicted molar refractivity (Wildman–Crippen MR) is 51.8 cm³/mol. The van der Waals surface area contributed by atoms with Crippen LogP contribution in [0.4, 0.5) is 0 Å². The van der Waals surface area contributed by atoms with Gasteiger partial charge in [0, 0.05) is 5.54 Å². The molecule has 2 aliphatic rings. The van der Waals surface area contributed by atoms with Gasteiger partial charge in [0.05, 0.1) is 0 Å². The van der Waals surface area contributed by atoms with E-state index in [1.807, 2.05) is 0 Å². The van der Waals surface area contributed by atoms with E-state index in [-0.39, 0.29) is 5.54 Å². The molecule has 0 bridgehead atoms. The molecule has 1 nitrogen and oxygen atoms in total. The number of rotatable bonds is 2. The van der Waals surface area contributed by atoms with Crippen LogP contribution in [0, 0.1) is 23.2 Å². The molecule has 2 saturated carbocycles. The molecule has 0 aliphatic heterocycles. The maximum Gasteiger partial charge on any atom is 0.0241 e. The minimum atomic E-state index is 0.210. The van der Waals surface area contributed by atoms with Crippen molar-refractivity contribution >= 4 is 0 Å². The molecule has 0 aromatic rings. The van der Waals surface area contributed by atoms with Crippen molar-refractivity contribution in [1.29, 1.82) is 0 Å². The average Bonchev–Trinajstić information content (AvgIpc) is 2.76. The third kappa shape index (κ3) is 0.834. The van der Waals surface area contributed by atoms with Crippen LogP contribution in [0.15, 0.2) is 0 Å². The monoisotopic (exact) mass is 167 g/mol. The maximum atomic E-state index is 6.36. The summed E-state index contributed by atoms with van der Waals surface area (Å²) < 4.78 is 0. The molecular formula is C11H21N. The van der Waals surface area contributed by atoms with E-state index in [1.165, 1.54) is 12.8 Å². The number of nitrogens with two attached hydrogens (primary N) is 1. The van der Waals surface area contributed by atoms with E-state index in [9.17, 15) is 0 Å². The third-order valence-electron chi connectivity index (χ3n) is 4.53. The topological polar surface area (TPSA) is 26.0 Å². The quantitative estimate of drug-likeness (QED) is 0.671. The molecule has 0 aromatic heterocycles. The van der Waals surface area contributed by atoms with Gasteiger partial charge in [0.2, 0.25) is 0 Å². The summed E-state index contributed by atoms with van der Waals surface area (Å²) in [6.45, 7) is 9.33. The first-order valence-corrected chi connectivity index (χ1v) is 5.21. The van der Waals surface area contributed by atoms with Crippen molar-refractivity contribution in [3.8, 4) is 0 Å². The highest BCUT2D eigenvalue weighted by Crippen LogP contribution is 2.70. The lowest BCUT2D eigenvalue weighted by molar-refractivity contribution is 0.321. The lowest BCUT2D eigenvalue weighted by Gasteiger charge is -2.22. The smallest absolute Gasteiger partial charge is 0.0241 e. The Bertz CT molecular complexity index is 211. The Kier molecular flexibility index (Phi) is 1.47. The number of hydrogen-bond acceptors (Lipinski definition) is 1. The summed E-state index contributed by atoms with van der Waals surface area (Å²) >= 11 is 0. The molecule has 1 heteroatoms. The average molecular weight is 167 g/mol. The summed E-state index contributed by atoms with van der Waals surface area (Å²) in [6.07, 6.45) is 2.62. The molecule has 4 atom stereocenters. The van der Waals surface area contributed by atoms with E-state index in [0.717, 1.165) is 17.8 Å². The zero-order valence-corrected chi connectivity index (χ0v) is 8.72. The van der Waals surface area contributed by atoms with Crippen LogP contribution < -0.4 is 5.73 Å². The Morgan fingerprint density at radius 3 is 2.08 bits per heavy atom. The van der Waals surface area contributed by atoms with E-state index in [0.29, 0.717) is 5.41 Å². The van der Waals surface area contributed by atoms with E-state index >= 15 is 0 Å². The van der Waals surface area contributed by atoms with Crippen LogP contribution in [0.2, 0.25) is 0 Å². The van der Waals surface area contributed by atoms with E-state index in [4.69, 9.17) is 5.73 Å². The van der Waals surface area contributed by atoms with Crippen LogP contribution in [0.3, 0.4) is 0 Å². The fraction of sp³-hybridized carbons (Fsp3) is 1.00. The largest absolute Gasteiger partial charge is 0.324 e. The fourth-order valence-electron chi connectivity index (χ4n) is 3.15. The van der Waals surface area contributed by atoms with Crippen LogP contribution in [-0.4, -0.2) is 5.54 Å². The first-order valence-electron chi connectivity index (χ1n) is 5.21. The van der Waals surface area contributed by atoms with Gasteiger partial charge in [-0.1, -0.05) is 27.7 Å². The van der Waals surface area contributed by atoms with Crippen molar-refractivity contribution in [2.75, 3.05) is 0 Å².